The summed E-state index contributed by atoms with van der Waals surface area (Å²) in [5.74, 6) is 0.168. The molecular formula is C13H18N2OS. The van der Waals surface area contributed by atoms with E-state index in [-0.39, 0.29) is 11.2 Å². The van der Waals surface area contributed by atoms with Gasteiger partial charge in [0.25, 0.3) is 0 Å². The van der Waals surface area contributed by atoms with Gasteiger partial charge >= 0.3 is 0 Å². The Balaban J connectivity index is 2.08. The van der Waals surface area contributed by atoms with Gasteiger partial charge in [-0.25, -0.2) is 0 Å². The van der Waals surface area contributed by atoms with E-state index in [1.165, 1.54) is 0 Å². The van der Waals surface area contributed by atoms with Gasteiger partial charge < -0.3 is 11.1 Å². The molecule has 0 bridgehead atoms. The molecule has 1 aliphatic heterocycles. The van der Waals surface area contributed by atoms with Crippen LogP contribution < -0.4 is 11.1 Å². The maximum atomic E-state index is 11.8. The van der Waals surface area contributed by atoms with Crippen LogP contribution >= 0.6 is 11.8 Å². The maximum Gasteiger partial charge on any atom is 0.233 e. The first-order chi connectivity index (χ1) is 8.16. The third-order valence-electron chi connectivity index (χ3n) is 3.00. The molecule has 3 N–H and O–H groups in total. The highest BCUT2D eigenvalue weighted by Gasteiger charge is 2.21. The summed E-state index contributed by atoms with van der Waals surface area (Å²) in [6, 6.07) is 5.95. The third kappa shape index (κ3) is 3.16. The zero-order valence-electron chi connectivity index (χ0n) is 10.0. The van der Waals surface area contributed by atoms with Crippen LogP contribution in [0.4, 0.5) is 5.69 Å². The van der Waals surface area contributed by atoms with Crippen LogP contribution in [0, 0.1) is 6.92 Å². The molecule has 17 heavy (non-hydrogen) atoms. The molecule has 0 saturated carbocycles. The Morgan fingerprint density at radius 2 is 2.24 bits per heavy atom. The lowest BCUT2D eigenvalue weighted by Crippen LogP contribution is -2.30. The van der Waals surface area contributed by atoms with Crippen LogP contribution in [0.15, 0.2) is 23.1 Å². The van der Waals surface area contributed by atoms with Crippen LogP contribution in [0.2, 0.25) is 0 Å². The lowest BCUT2D eigenvalue weighted by Gasteiger charge is -2.13. The summed E-state index contributed by atoms with van der Waals surface area (Å²) in [6.45, 7) is 2.81. The number of anilines is 1. The summed E-state index contributed by atoms with van der Waals surface area (Å²) >= 11 is 1.64. The molecule has 1 aromatic carbocycles. The van der Waals surface area contributed by atoms with Gasteiger partial charge in [0, 0.05) is 17.1 Å². The van der Waals surface area contributed by atoms with Crippen LogP contribution in [0.5, 0.6) is 0 Å². The molecule has 1 atom stereocenters. The summed E-state index contributed by atoms with van der Waals surface area (Å²) in [4.78, 5) is 12.9. The first-order valence-corrected chi connectivity index (χ1v) is 6.85. The monoisotopic (exact) mass is 250 g/mol. The Morgan fingerprint density at radius 1 is 1.41 bits per heavy atom. The average molecular weight is 250 g/mol. The van der Waals surface area contributed by atoms with Crippen molar-refractivity contribution in [2.45, 2.75) is 36.3 Å². The minimum atomic E-state index is 0.0422. The van der Waals surface area contributed by atoms with Gasteiger partial charge in [0.1, 0.15) is 0 Å². The number of nitrogen functional groups attached to an aromatic ring is 1. The number of benzene rings is 1. The molecule has 2 rings (SSSR count). The number of nitrogens with two attached hydrogens (primary N) is 1. The molecular weight excluding hydrogens is 232 g/mol. The number of aryl methyl sites for hydroxylation is 1. The SMILES string of the molecule is Cc1cc(SC2CCCCNC2=O)ccc1N. The number of nitrogens with one attached hydrogen (secondary N) is 1. The normalized spacial score (nSPS) is 20.8. The van der Waals surface area contributed by atoms with Gasteiger partial charge in [-0.2, -0.15) is 0 Å². The molecule has 0 aliphatic carbocycles. The van der Waals surface area contributed by atoms with E-state index in [0.717, 1.165) is 42.0 Å². The maximum absolute atomic E-state index is 11.8. The minimum absolute atomic E-state index is 0.0422. The number of amides is 1. The Labute approximate surface area is 106 Å². The molecule has 3 nitrogen and oxygen atoms in total. The van der Waals surface area contributed by atoms with Crippen molar-refractivity contribution in [3.63, 3.8) is 0 Å². The highest BCUT2D eigenvalue weighted by Crippen LogP contribution is 2.29. The van der Waals surface area contributed by atoms with Crippen molar-refractivity contribution in [1.82, 2.24) is 5.32 Å². The van der Waals surface area contributed by atoms with E-state index in [0.29, 0.717) is 0 Å². The molecule has 0 aromatic heterocycles. The van der Waals surface area contributed by atoms with E-state index in [9.17, 15) is 4.79 Å². The predicted molar refractivity (Wildman–Crippen MR) is 72.1 cm³/mol. The topological polar surface area (TPSA) is 55.1 Å². The van der Waals surface area contributed by atoms with E-state index < -0.39 is 0 Å². The second-order valence-corrected chi connectivity index (χ2v) is 5.69. The van der Waals surface area contributed by atoms with Gasteiger partial charge in [-0.05, 0) is 43.5 Å². The predicted octanol–water partition coefficient (Wildman–Crippen LogP) is 2.34. The van der Waals surface area contributed by atoms with Crippen LogP contribution in [0.1, 0.15) is 24.8 Å². The molecule has 0 radical (unpaired) electrons. The third-order valence-corrected chi connectivity index (χ3v) is 4.26. The van der Waals surface area contributed by atoms with Crippen LogP contribution in [0.25, 0.3) is 0 Å². The van der Waals surface area contributed by atoms with Crippen molar-refractivity contribution >= 4 is 23.4 Å². The molecule has 1 heterocycles. The van der Waals surface area contributed by atoms with Crippen molar-refractivity contribution < 1.29 is 4.79 Å². The summed E-state index contributed by atoms with van der Waals surface area (Å²) in [5, 5.41) is 3.00. The Hall–Kier alpha value is -1.16. The first-order valence-electron chi connectivity index (χ1n) is 5.97. The molecule has 1 unspecified atom stereocenters. The van der Waals surface area contributed by atoms with Crippen molar-refractivity contribution in [2.24, 2.45) is 0 Å². The van der Waals surface area contributed by atoms with E-state index in [1.807, 2.05) is 19.1 Å². The molecule has 92 valence electrons. The van der Waals surface area contributed by atoms with Crippen molar-refractivity contribution in [1.29, 1.82) is 0 Å². The van der Waals surface area contributed by atoms with Crippen molar-refractivity contribution in [2.75, 3.05) is 12.3 Å². The van der Waals surface area contributed by atoms with E-state index in [4.69, 9.17) is 5.73 Å². The van der Waals surface area contributed by atoms with Gasteiger partial charge in [-0.3, -0.25) is 4.79 Å². The number of carbonyl (C=O) groups is 1. The fourth-order valence-corrected chi connectivity index (χ4v) is 3.10. The van der Waals surface area contributed by atoms with Crippen molar-refractivity contribution in [3.05, 3.63) is 23.8 Å². The van der Waals surface area contributed by atoms with E-state index in [1.54, 1.807) is 11.8 Å². The quantitative estimate of drug-likeness (QED) is 0.792. The summed E-state index contributed by atoms with van der Waals surface area (Å²) in [6.07, 6.45) is 3.16. The lowest BCUT2D eigenvalue weighted by atomic mass is 10.2. The second-order valence-electron chi connectivity index (χ2n) is 4.41. The summed E-state index contributed by atoms with van der Waals surface area (Å²) < 4.78 is 0. The van der Waals surface area contributed by atoms with Crippen molar-refractivity contribution in [3.8, 4) is 0 Å². The zero-order chi connectivity index (χ0) is 12.3. The molecule has 1 fully saturated rings. The van der Waals surface area contributed by atoms with Crippen LogP contribution in [-0.4, -0.2) is 17.7 Å². The molecule has 0 spiro atoms. The van der Waals surface area contributed by atoms with E-state index in [2.05, 4.69) is 11.4 Å². The summed E-state index contributed by atoms with van der Waals surface area (Å²) in [5.41, 5.74) is 7.66. The lowest BCUT2D eigenvalue weighted by molar-refractivity contribution is -0.120. The van der Waals surface area contributed by atoms with Crippen LogP contribution in [-0.2, 0) is 4.79 Å². The van der Waals surface area contributed by atoms with Gasteiger partial charge in [0.2, 0.25) is 5.91 Å². The molecule has 1 amide bonds. The Bertz CT molecular complexity index is 420. The molecule has 1 saturated heterocycles. The highest BCUT2D eigenvalue weighted by molar-refractivity contribution is 8.00. The number of thioether (sulfide) groups is 1. The second kappa shape index (κ2) is 5.45. The Morgan fingerprint density at radius 3 is 3.00 bits per heavy atom. The number of hydrogen-bond acceptors (Lipinski definition) is 3. The van der Waals surface area contributed by atoms with Gasteiger partial charge in [-0.1, -0.05) is 6.42 Å². The van der Waals surface area contributed by atoms with Crippen LogP contribution in [0.3, 0.4) is 0 Å². The number of carbonyl (C=O) groups excluding carboxylic acids is 1. The fraction of sp³-hybridized carbons (Fsp3) is 0.462. The molecule has 1 aliphatic rings. The zero-order valence-corrected chi connectivity index (χ0v) is 10.8. The van der Waals surface area contributed by atoms with Gasteiger partial charge in [0.15, 0.2) is 0 Å². The smallest absolute Gasteiger partial charge is 0.233 e. The minimum Gasteiger partial charge on any atom is -0.399 e. The highest BCUT2D eigenvalue weighted by atomic mass is 32.2. The fourth-order valence-electron chi connectivity index (χ4n) is 1.91. The number of hydrogen-bond donors (Lipinski definition) is 2. The average Bonchev–Trinajstić information content (AvgIpc) is 2.50. The largest absolute Gasteiger partial charge is 0.399 e. The Kier molecular flexibility index (Phi) is 3.94. The van der Waals surface area contributed by atoms with Gasteiger partial charge in [-0.15, -0.1) is 11.8 Å². The number of rotatable bonds is 2. The molecule has 1 aromatic rings. The van der Waals surface area contributed by atoms with Gasteiger partial charge in [0.05, 0.1) is 5.25 Å². The first kappa shape index (κ1) is 12.3. The van der Waals surface area contributed by atoms with E-state index >= 15 is 0 Å². The standard InChI is InChI=1S/C13H18N2OS/c1-9-8-10(5-6-11(9)14)17-12-4-2-3-7-15-13(12)16/h5-6,8,12H,2-4,7,14H2,1H3,(H,15,16). The molecule has 4 heteroatoms. The summed E-state index contributed by atoms with van der Waals surface area (Å²) in [7, 11) is 0.